The lowest BCUT2D eigenvalue weighted by Crippen LogP contribution is -2.30. The highest BCUT2D eigenvalue weighted by atomic mass is 16.6. The van der Waals surface area contributed by atoms with Gasteiger partial charge in [0, 0.05) is 19.3 Å². The first kappa shape index (κ1) is 62.6. The summed E-state index contributed by atoms with van der Waals surface area (Å²) in [4.78, 5) is 38.1. The molecule has 6 heteroatoms. The third-order valence-corrected chi connectivity index (χ3v) is 12.6. The first-order valence-corrected chi connectivity index (χ1v) is 28.5. The van der Waals surface area contributed by atoms with E-state index in [1.165, 1.54) is 186 Å². The van der Waals surface area contributed by atoms with Crippen molar-refractivity contribution in [2.24, 2.45) is 0 Å². The van der Waals surface area contributed by atoms with E-state index in [4.69, 9.17) is 14.2 Å². The molecule has 0 aromatic rings. The molecule has 0 aromatic carbocycles. The van der Waals surface area contributed by atoms with Crippen LogP contribution in [-0.2, 0) is 28.6 Å². The van der Waals surface area contributed by atoms with Crippen LogP contribution < -0.4 is 0 Å². The number of rotatable bonds is 52. The molecule has 380 valence electrons. The molecule has 6 nitrogen and oxygen atoms in total. The number of allylic oxidation sites excluding steroid dienone is 6. The topological polar surface area (TPSA) is 78.9 Å². The zero-order chi connectivity index (χ0) is 47.2. The van der Waals surface area contributed by atoms with Gasteiger partial charge in [-0.15, -0.1) is 0 Å². The van der Waals surface area contributed by atoms with Gasteiger partial charge >= 0.3 is 17.9 Å². The van der Waals surface area contributed by atoms with E-state index in [9.17, 15) is 14.4 Å². The van der Waals surface area contributed by atoms with Crippen LogP contribution in [-0.4, -0.2) is 37.2 Å². The van der Waals surface area contributed by atoms with Crippen LogP contribution in [0.5, 0.6) is 0 Å². The van der Waals surface area contributed by atoms with E-state index < -0.39 is 6.10 Å². The standard InChI is InChI=1S/C59H108O6/c1-4-7-10-13-16-19-22-25-28-29-32-34-37-40-43-46-49-52-58(61)64-55-56(65-59(62)53-50-47-44-41-38-35-31-27-24-21-18-15-12-9-6-3)54-63-57(60)51-48-45-42-39-36-33-30-26-23-20-17-14-11-8-5-2/h16,19,25,27-28,31,56H,4-15,17-18,20-24,26,29-30,32-55H2,1-3H3/b19-16-,28-25-,31-27-/t56-/m1/s1. The van der Waals surface area contributed by atoms with Crippen LogP contribution in [0.15, 0.2) is 36.5 Å². The Hall–Kier alpha value is -2.37. The summed E-state index contributed by atoms with van der Waals surface area (Å²) in [6, 6.07) is 0. The quantitative estimate of drug-likeness (QED) is 0.0262. The molecule has 0 aliphatic rings. The lowest BCUT2D eigenvalue weighted by atomic mass is 10.0. The number of ether oxygens (including phenoxy) is 3. The Labute approximate surface area is 404 Å². The highest BCUT2D eigenvalue weighted by Gasteiger charge is 2.19. The van der Waals surface area contributed by atoms with Gasteiger partial charge in [0.15, 0.2) is 6.10 Å². The van der Waals surface area contributed by atoms with Crippen molar-refractivity contribution < 1.29 is 28.6 Å². The molecular formula is C59H108O6. The highest BCUT2D eigenvalue weighted by Crippen LogP contribution is 2.16. The molecule has 0 amide bonds. The molecule has 0 saturated heterocycles. The molecule has 0 bridgehead atoms. The third kappa shape index (κ3) is 52.5. The molecule has 0 rings (SSSR count). The first-order chi connectivity index (χ1) is 32.0. The maximum absolute atomic E-state index is 12.8. The van der Waals surface area contributed by atoms with Crippen molar-refractivity contribution in [2.45, 2.75) is 309 Å². The number of esters is 3. The average molecular weight is 914 g/mol. The van der Waals surface area contributed by atoms with Gasteiger partial charge in [-0.2, -0.15) is 0 Å². The summed E-state index contributed by atoms with van der Waals surface area (Å²) in [5.41, 5.74) is 0. The molecule has 1 atom stereocenters. The van der Waals surface area contributed by atoms with Crippen LogP contribution in [0.2, 0.25) is 0 Å². The highest BCUT2D eigenvalue weighted by molar-refractivity contribution is 5.71. The van der Waals surface area contributed by atoms with E-state index in [-0.39, 0.29) is 31.1 Å². The van der Waals surface area contributed by atoms with Crippen molar-refractivity contribution in [3.8, 4) is 0 Å². The molecule has 0 aliphatic heterocycles. The van der Waals surface area contributed by atoms with Gasteiger partial charge in [0.2, 0.25) is 0 Å². The van der Waals surface area contributed by atoms with E-state index in [0.29, 0.717) is 19.3 Å². The molecule has 65 heavy (non-hydrogen) atoms. The van der Waals surface area contributed by atoms with Crippen LogP contribution in [0.4, 0.5) is 0 Å². The summed E-state index contributed by atoms with van der Waals surface area (Å²) >= 11 is 0. The number of carbonyl (C=O) groups excluding carboxylic acids is 3. The van der Waals surface area contributed by atoms with E-state index in [1.807, 2.05) is 0 Å². The number of hydrogen-bond donors (Lipinski definition) is 0. The van der Waals surface area contributed by atoms with Crippen molar-refractivity contribution in [1.82, 2.24) is 0 Å². The van der Waals surface area contributed by atoms with Crippen LogP contribution >= 0.6 is 0 Å². The lowest BCUT2D eigenvalue weighted by molar-refractivity contribution is -0.167. The zero-order valence-corrected chi connectivity index (χ0v) is 43.5. The Kier molecular flexibility index (Phi) is 52.3. The van der Waals surface area contributed by atoms with Crippen LogP contribution in [0.1, 0.15) is 303 Å². The van der Waals surface area contributed by atoms with Crippen LogP contribution in [0.25, 0.3) is 0 Å². The van der Waals surface area contributed by atoms with Gasteiger partial charge in [-0.3, -0.25) is 14.4 Å². The summed E-state index contributed by atoms with van der Waals surface area (Å²) in [7, 11) is 0. The second-order valence-electron chi connectivity index (χ2n) is 19.2. The van der Waals surface area contributed by atoms with Gasteiger partial charge in [-0.05, 0) is 77.0 Å². The molecule has 0 heterocycles. The minimum absolute atomic E-state index is 0.0745. The van der Waals surface area contributed by atoms with Gasteiger partial charge < -0.3 is 14.2 Å². The van der Waals surface area contributed by atoms with Gasteiger partial charge in [0.1, 0.15) is 13.2 Å². The average Bonchev–Trinajstić information content (AvgIpc) is 3.30. The fourth-order valence-electron chi connectivity index (χ4n) is 8.29. The van der Waals surface area contributed by atoms with Crippen molar-refractivity contribution in [3.63, 3.8) is 0 Å². The summed E-state index contributed by atoms with van der Waals surface area (Å²) in [5.74, 6) is -0.875. The molecule has 0 aromatic heterocycles. The monoisotopic (exact) mass is 913 g/mol. The van der Waals surface area contributed by atoms with Gasteiger partial charge in [0.25, 0.3) is 0 Å². The second-order valence-corrected chi connectivity index (χ2v) is 19.2. The Morgan fingerprint density at radius 2 is 0.554 bits per heavy atom. The minimum Gasteiger partial charge on any atom is -0.462 e. The number of carbonyl (C=O) groups is 3. The van der Waals surface area contributed by atoms with Gasteiger partial charge in [-0.1, -0.05) is 243 Å². The van der Waals surface area contributed by atoms with Gasteiger partial charge in [0.05, 0.1) is 0 Å². The van der Waals surface area contributed by atoms with Crippen molar-refractivity contribution >= 4 is 17.9 Å². The summed E-state index contributed by atoms with van der Waals surface area (Å²) < 4.78 is 16.9. The fourth-order valence-corrected chi connectivity index (χ4v) is 8.29. The Bertz CT molecular complexity index is 1090. The first-order valence-electron chi connectivity index (χ1n) is 28.5. The predicted molar refractivity (Wildman–Crippen MR) is 279 cm³/mol. The van der Waals surface area contributed by atoms with Crippen molar-refractivity contribution in [3.05, 3.63) is 36.5 Å². The second kappa shape index (κ2) is 54.2. The minimum atomic E-state index is -0.776. The zero-order valence-electron chi connectivity index (χ0n) is 43.5. The molecule has 0 fully saturated rings. The van der Waals surface area contributed by atoms with Crippen molar-refractivity contribution in [1.29, 1.82) is 0 Å². The van der Waals surface area contributed by atoms with E-state index in [1.54, 1.807) is 0 Å². The van der Waals surface area contributed by atoms with Crippen LogP contribution in [0.3, 0.4) is 0 Å². The normalized spacial score (nSPS) is 12.2. The van der Waals surface area contributed by atoms with Gasteiger partial charge in [-0.25, -0.2) is 0 Å². The fraction of sp³-hybridized carbons (Fsp3) is 0.847. The SMILES string of the molecule is CCCCC/C=C\C/C=C\CCCCCCCCCC(=O)OC[C@@H](COC(=O)CCCCCCCCCCCCCCCCC)OC(=O)CCCCCCC/C=C\CCCCCCCC. The van der Waals surface area contributed by atoms with Crippen LogP contribution in [0, 0.1) is 0 Å². The van der Waals surface area contributed by atoms with E-state index >= 15 is 0 Å². The number of hydrogen-bond acceptors (Lipinski definition) is 6. The third-order valence-electron chi connectivity index (χ3n) is 12.6. The van der Waals surface area contributed by atoms with Crippen molar-refractivity contribution in [2.75, 3.05) is 13.2 Å². The summed E-state index contributed by atoms with van der Waals surface area (Å²) in [5, 5.41) is 0. The molecule has 0 N–H and O–H groups in total. The Morgan fingerprint density at radius 1 is 0.308 bits per heavy atom. The Morgan fingerprint density at radius 3 is 0.892 bits per heavy atom. The maximum atomic E-state index is 12.8. The molecular weight excluding hydrogens is 805 g/mol. The molecule has 0 aliphatic carbocycles. The van der Waals surface area contributed by atoms with E-state index in [0.717, 1.165) is 77.0 Å². The molecule has 0 unspecified atom stereocenters. The molecule has 0 spiro atoms. The smallest absolute Gasteiger partial charge is 0.306 e. The number of unbranched alkanes of at least 4 members (excludes halogenated alkanes) is 35. The van der Waals surface area contributed by atoms with E-state index in [2.05, 4.69) is 57.2 Å². The largest absolute Gasteiger partial charge is 0.462 e. The predicted octanol–water partition coefficient (Wildman–Crippen LogP) is 18.9. The molecule has 0 saturated carbocycles. The maximum Gasteiger partial charge on any atom is 0.306 e. The Balaban J connectivity index is 4.36. The summed E-state index contributed by atoms with van der Waals surface area (Å²) in [6.45, 7) is 6.63. The summed E-state index contributed by atoms with van der Waals surface area (Å²) in [6.07, 6.45) is 64.1. The molecule has 0 radical (unpaired) electrons. The lowest BCUT2D eigenvalue weighted by Gasteiger charge is -2.18.